The zero-order chi connectivity index (χ0) is 16.5. The second kappa shape index (κ2) is 5.58. The minimum Gasteiger partial charge on any atom is -0.406 e. The SMILES string of the molecule is O=[N+]([O-])c1cc(F)c(-c2ccc(OC(F)(F)F)cc2)cc1F. The van der Waals surface area contributed by atoms with Crippen molar-refractivity contribution in [2.24, 2.45) is 0 Å². The van der Waals surface area contributed by atoms with Crippen LogP contribution in [0.5, 0.6) is 5.75 Å². The molecule has 0 unspecified atom stereocenters. The first-order valence-electron chi connectivity index (χ1n) is 5.67. The highest BCUT2D eigenvalue weighted by Gasteiger charge is 2.31. The molecule has 2 aromatic carbocycles. The molecule has 0 atom stereocenters. The monoisotopic (exact) mass is 319 g/mol. The molecule has 116 valence electrons. The van der Waals surface area contributed by atoms with E-state index in [0.717, 1.165) is 24.3 Å². The molecule has 0 radical (unpaired) electrons. The summed E-state index contributed by atoms with van der Waals surface area (Å²) in [5, 5.41) is 10.5. The molecule has 0 heterocycles. The summed E-state index contributed by atoms with van der Waals surface area (Å²) in [6.45, 7) is 0. The molecule has 0 bridgehead atoms. The summed E-state index contributed by atoms with van der Waals surface area (Å²) in [7, 11) is 0. The predicted octanol–water partition coefficient (Wildman–Crippen LogP) is 4.44. The van der Waals surface area contributed by atoms with Gasteiger partial charge in [0.25, 0.3) is 0 Å². The zero-order valence-electron chi connectivity index (χ0n) is 10.5. The van der Waals surface area contributed by atoms with Gasteiger partial charge < -0.3 is 4.74 Å². The molecule has 0 fully saturated rings. The van der Waals surface area contributed by atoms with E-state index in [1.807, 2.05) is 0 Å². The molecule has 0 aliphatic heterocycles. The zero-order valence-corrected chi connectivity index (χ0v) is 10.5. The van der Waals surface area contributed by atoms with E-state index in [1.54, 1.807) is 0 Å². The number of nitrogens with zero attached hydrogens (tertiary/aromatic N) is 1. The van der Waals surface area contributed by atoms with Crippen LogP contribution >= 0.6 is 0 Å². The van der Waals surface area contributed by atoms with Crippen molar-refractivity contribution < 1.29 is 31.6 Å². The summed E-state index contributed by atoms with van der Waals surface area (Å²) < 4.78 is 66.9. The smallest absolute Gasteiger partial charge is 0.406 e. The van der Waals surface area contributed by atoms with E-state index in [-0.39, 0.29) is 11.1 Å². The number of halogens is 5. The summed E-state index contributed by atoms with van der Waals surface area (Å²) in [6.07, 6.45) is -4.87. The Bertz CT molecular complexity index is 713. The van der Waals surface area contributed by atoms with Crippen molar-refractivity contribution in [3.63, 3.8) is 0 Å². The van der Waals surface area contributed by atoms with Gasteiger partial charge in [0.1, 0.15) is 11.6 Å². The van der Waals surface area contributed by atoms with Crippen LogP contribution in [0, 0.1) is 21.7 Å². The fourth-order valence-corrected chi connectivity index (χ4v) is 1.73. The lowest BCUT2D eigenvalue weighted by Crippen LogP contribution is -2.16. The molecule has 0 N–H and O–H groups in total. The van der Waals surface area contributed by atoms with Crippen molar-refractivity contribution in [2.45, 2.75) is 6.36 Å². The van der Waals surface area contributed by atoms with Crippen molar-refractivity contribution in [2.75, 3.05) is 0 Å². The maximum Gasteiger partial charge on any atom is 0.573 e. The Morgan fingerprint density at radius 1 is 1.00 bits per heavy atom. The Hall–Kier alpha value is -2.71. The number of nitro benzene ring substituents is 1. The molecule has 0 spiro atoms. The van der Waals surface area contributed by atoms with Crippen LogP contribution in [0.25, 0.3) is 11.1 Å². The molecular formula is C13H6F5NO3. The highest BCUT2D eigenvalue weighted by Crippen LogP contribution is 2.31. The van der Waals surface area contributed by atoms with Crippen LogP contribution in [-0.2, 0) is 0 Å². The lowest BCUT2D eigenvalue weighted by Gasteiger charge is -2.09. The van der Waals surface area contributed by atoms with Gasteiger partial charge in [-0.05, 0) is 23.8 Å². The normalized spacial score (nSPS) is 11.3. The van der Waals surface area contributed by atoms with E-state index < -0.39 is 34.4 Å². The molecule has 0 amide bonds. The number of rotatable bonds is 3. The third-order valence-corrected chi connectivity index (χ3v) is 2.63. The molecular weight excluding hydrogens is 313 g/mol. The van der Waals surface area contributed by atoms with E-state index in [4.69, 9.17) is 0 Å². The van der Waals surface area contributed by atoms with Crippen LogP contribution in [0.4, 0.5) is 27.6 Å². The van der Waals surface area contributed by atoms with Crippen LogP contribution in [-0.4, -0.2) is 11.3 Å². The largest absolute Gasteiger partial charge is 0.573 e. The van der Waals surface area contributed by atoms with Crippen molar-refractivity contribution >= 4 is 5.69 Å². The summed E-state index contributed by atoms with van der Waals surface area (Å²) in [5.74, 6) is -2.85. The van der Waals surface area contributed by atoms with Gasteiger partial charge in [-0.25, -0.2) is 4.39 Å². The number of benzene rings is 2. The van der Waals surface area contributed by atoms with Gasteiger partial charge >= 0.3 is 12.0 Å². The molecule has 2 aromatic rings. The Kier molecular flexibility index (Phi) is 3.98. The van der Waals surface area contributed by atoms with Gasteiger partial charge in [0.2, 0.25) is 5.82 Å². The maximum atomic E-state index is 13.8. The van der Waals surface area contributed by atoms with E-state index in [0.29, 0.717) is 12.1 Å². The topological polar surface area (TPSA) is 52.4 Å². The third-order valence-electron chi connectivity index (χ3n) is 2.63. The fraction of sp³-hybridized carbons (Fsp3) is 0.0769. The summed E-state index contributed by atoms with van der Waals surface area (Å²) >= 11 is 0. The molecule has 0 aliphatic carbocycles. The average molecular weight is 319 g/mol. The van der Waals surface area contributed by atoms with Crippen molar-refractivity contribution in [3.05, 3.63) is 58.1 Å². The van der Waals surface area contributed by atoms with E-state index in [9.17, 15) is 32.1 Å². The molecule has 9 heteroatoms. The Morgan fingerprint density at radius 2 is 1.59 bits per heavy atom. The van der Waals surface area contributed by atoms with E-state index in [1.165, 1.54) is 0 Å². The maximum absolute atomic E-state index is 13.8. The Morgan fingerprint density at radius 3 is 2.09 bits per heavy atom. The van der Waals surface area contributed by atoms with Crippen LogP contribution < -0.4 is 4.74 Å². The average Bonchev–Trinajstić information content (AvgIpc) is 2.40. The van der Waals surface area contributed by atoms with Crippen LogP contribution in [0.3, 0.4) is 0 Å². The van der Waals surface area contributed by atoms with Crippen LogP contribution in [0.1, 0.15) is 0 Å². The molecule has 0 aliphatic rings. The van der Waals surface area contributed by atoms with Crippen molar-refractivity contribution in [1.29, 1.82) is 0 Å². The number of hydrogen-bond donors (Lipinski definition) is 0. The number of hydrogen-bond acceptors (Lipinski definition) is 3. The van der Waals surface area contributed by atoms with Crippen LogP contribution in [0.2, 0.25) is 0 Å². The summed E-state index contributed by atoms with van der Waals surface area (Å²) in [4.78, 5) is 9.39. The molecule has 0 saturated carbocycles. The van der Waals surface area contributed by atoms with Gasteiger partial charge in [0, 0.05) is 5.56 Å². The van der Waals surface area contributed by atoms with Gasteiger partial charge in [-0.3, -0.25) is 10.1 Å². The first-order valence-corrected chi connectivity index (χ1v) is 5.67. The Balaban J connectivity index is 2.36. The second-order valence-corrected chi connectivity index (χ2v) is 4.11. The fourth-order valence-electron chi connectivity index (χ4n) is 1.73. The van der Waals surface area contributed by atoms with E-state index in [2.05, 4.69) is 4.74 Å². The van der Waals surface area contributed by atoms with Crippen LogP contribution in [0.15, 0.2) is 36.4 Å². The highest BCUT2D eigenvalue weighted by atomic mass is 19.4. The first kappa shape index (κ1) is 15.7. The predicted molar refractivity (Wildman–Crippen MR) is 65.1 cm³/mol. The minimum atomic E-state index is -4.87. The lowest BCUT2D eigenvalue weighted by atomic mass is 10.0. The van der Waals surface area contributed by atoms with Crippen molar-refractivity contribution in [1.82, 2.24) is 0 Å². The van der Waals surface area contributed by atoms with Gasteiger partial charge in [-0.1, -0.05) is 12.1 Å². The second-order valence-electron chi connectivity index (χ2n) is 4.11. The van der Waals surface area contributed by atoms with Gasteiger partial charge in [-0.15, -0.1) is 13.2 Å². The number of nitro groups is 1. The van der Waals surface area contributed by atoms with Gasteiger partial charge in [0.05, 0.1) is 11.0 Å². The first-order chi connectivity index (χ1) is 10.2. The molecule has 2 rings (SSSR count). The standard InChI is InChI=1S/C13H6F5NO3/c14-10-6-12(19(20)21)11(15)5-9(10)7-1-3-8(4-2-7)22-13(16,17)18/h1-6H. The summed E-state index contributed by atoms with van der Waals surface area (Å²) in [6, 6.07) is 5.00. The van der Waals surface area contributed by atoms with Crippen molar-refractivity contribution in [3.8, 4) is 16.9 Å². The molecule has 0 saturated heterocycles. The molecule has 0 aromatic heterocycles. The quantitative estimate of drug-likeness (QED) is 0.477. The number of alkyl halides is 3. The summed E-state index contributed by atoms with van der Waals surface area (Å²) in [5.41, 5.74) is -1.30. The van der Waals surface area contributed by atoms with Gasteiger partial charge in [-0.2, -0.15) is 4.39 Å². The minimum absolute atomic E-state index is 0.0424. The highest BCUT2D eigenvalue weighted by molar-refractivity contribution is 5.66. The Labute approximate surface area is 119 Å². The number of ether oxygens (including phenoxy) is 1. The lowest BCUT2D eigenvalue weighted by molar-refractivity contribution is -0.387. The van der Waals surface area contributed by atoms with Gasteiger partial charge in [0.15, 0.2) is 0 Å². The van der Waals surface area contributed by atoms with E-state index >= 15 is 0 Å². The molecule has 4 nitrogen and oxygen atoms in total. The third kappa shape index (κ3) is 3.48. The molecule has 22 heavy (non-hydrogen) atoms.